The van der Waals surface area contributed by atoms with Gasteiger partial charge in [0.2, 0.25) is 0 Å². The van der Waals surface area contributed by atoms with Gasteiger partial charge in [0.15, 0.2) is 0 Å². The lowest BCUT2D eigenvalue weighted by molar-refractivity contribution is -0.149. The van der Waals surface area contributed by atoms with Crippen LogP contribution in [0.2, 0.25) is 0 Å². The maximum Gasteiger partial charge on any atom is 0.310 e. The van der Waals surface area contributed by atoms with Crippen LogP contribution in [0.15, 0.2) is 36.0 Å². The molecule has 27 heavy (non-hydrogen) atoms. The molecule has 144 valence electrons. The third kappa shape index (κ3) is 6.33. The molecule has 2 N–H and O–H groups in total. The molecule has 0 spiro atoms. The van der Waals surface area contributed by atoms with Crippen molar-refractivity contribution in [3.63, 3.8) is 0 Å². The van der Waals surface area contributed by atoms with Crippen LogP contribution in [0.4, 0.5) is 0 Å². The van der Waals surface area contributed by atoms with Crippen LogP contribution in [0.25, 0.3) is 0 Å². The fourth-order valence-corrected chi connectivity index (χ4v) is 2.98. The number of carbonyl (C=O) groups is 2. The lowest BCUT2D eigenvalue weighted by atomic mass is 9.98. The minimum atomic E-state index is -0.436. The van der Waals surface area contributed by atoms with Crippen molar-refractivity contribution < 1.29 is 19.4 Å². The Hall–Kier alpha value is -3.01. The highest BCUT2D eigenvalue weighted by Crippen LogP contribution is 2.19. The Morgan fingerprint density at radius 1 is 1.41 bits per heavy atom. The van der Waals surface area contributed by atoms with Crippen molar-refractivity contribution in [2.45, 2.75) is 26.2 Å². The zero-order valence-electron chi connectivity index (χ0n) is 15.5. The van der Waals surface area contributed by atoms with Gasteiger partial charge >= 0.3 is 5.97 Å². The third-order valence-corrected chi connectivity index (χ3v) is 4.39. The maximum atomic E-state index is 12.2. The number of benzene rings is 1. The SMILES string of the molecule is CCOC(=O)C1CCCN(/C=C(/C#N)C(=O)NCCc2ccc(O)cc2)C1. The van der Waals surface area contributed by atoms with E-state index in [0.29, 0.717) is 32.7 Å². The van der Waals surface area contributed by atoms with E-state index in [1.165, 1.54) is 6.20 Å². The van der Waals surface area contributed by atoms with E-state index in [2.05, 4.69) is 5.32 Å². The van der Waals surface area contributed by atoms with Gasteiger partial charge in [0.05, 0.1) is 12.5 Å². The van der Waals surface area contributed by atoms with Crippen molar-refractivity contribution in [2.75, 3.05) is 26.2 Å². The number of amides is 1. The van der Waals surface area contributed by atoms with E-state index in [1.807, 2.05) is 11.0 Å². The summed E-state index contributed by atoms with van der Waals surface area (Å²) >= 11 is 0. The molecule has 0 saturated carbocycles. The number of likely N-dealkylation sites (tertiary alicyclic amines) is 1. The fourth-order valence-electron chi connectivity index (χ4n) is 2.98. The molecule has 1 aliphatic heterocycles. The number of hydrogen-bond donors (Lipinski definition) is 2. The van der Waals surface area contributed by atoms with Crippen LogP contribution in [0, 0.1) is 17.2 Å². The summed E-state index contributed by atoms with van der Waals surface area (Å²) in [5.74, 6) is -0.699. The zero-order valence-corrected chi connectivity index (χ0v) is 15.5. The Morgan fingerprint density at radius 2 is 2.15 bits per heavy atom. The highest BCUT2D eigenvalue weighted by atomic mass is 16.5. The number of phenols is 1. The highest BCUT2D eigenvalue weighted by Gasteiger charge is 2.26. The number of nitrogens with one attached hydrogen (secondary N) is 1. The fraction of sp³-hybridized carbons (Fsp3) is 0.450. The summed E-state index contributed by atoms with van der Waals surface area (Å²) in [6.45, 7) is 3.65. The van der Waals surface area contributed by atoms with Gasteiger partial charge in [0, 0.05) is 25.8 Å². The second kappa shape index (κ2) is 10.2. The first-order valence-corrected chi connectivity index (χ1v) is 9.12. The number of nitriles is 1. The van der Waals surface area contributed by atoms with Crippen molar-refractivity contribution in [2.24, 2.45) is 5.92 Å². The summed E-state index contributed by atoms with van der Waals surface area (Å²) in [4.78, 5) is 26.0. The second-order valence-corrected chi connectivity index (χ2v) is 6.41. The second-order valence-electron chi connectivity index (χ2n) is 6.41. The standard InChI is InChI=1S/C20H25N3O4/c1-2-27-20(26)16-4-3-11-23(13-16)14-17(12-21)19(25)22-10-9-15-5-7-18(24)8-6-15/h5-8,14,16,24H,2-4,9-11,13H2,1H3,(H,22,25)/b17-14-. The molecule has 1 aromatic carbocycles. The van der Waals surface area contributed by atoms with Crippen LogP contribution in [-0.4, -0.2) is 48.1 Å². The van der Waals surface area contributed by atoms with Crippen molar-refractivity contribution in [3.8, 4) is 11.8 Å². The van der Waals surface area contributed by atoms with Gasteiger partial charge in [-0.2, -0.15) is 5.26 Å². The van der Waals surface area contributed by atoms with Crippen molar-refractivity contribution in [1.82, 2.24) is 10.2 Å². The summed E-state index contributed by atoms with van der Waals surface area (Å²) in [5.41, 5.74) is 0.995. The number of carbonyl (C=O) groups excluding carboxylic acids is 2. The number of esters is 1. The van der Waals surface area contributed by atoms with Crippen molar-refractivity contribution in [1.29, 1.82) is 5.26 Å². The molecule has 1 saturated heterocycles. The predicted molar refractivity (Wildman–Crippen MR) is 99.4 cm³/mol. The van der Waals surface area contributed by atoms with E-state index in [4.69, 9.17) is 4.74 Å². The molecule has 1 amide bonds. The average molecular weight is 371 g/mol. The number of hydrogen-bond acceptors (Lipinski definition) is 6. The van der Waals surface area contributed by atoms with Crippen LogP contribution in [0.3, 0.4) is 0 Å². The summed E-state index contributed by atoms with van der Waals surface area (Å²) in [7, 11) is 0. The molecule has 7 nitrogen and oxygen atoms in total. The Bertz CT molecular complexity index is 722. The molecular formula is C20H25N3O4. The number of piperidine rings is 1. The van der Waals surface area contributed by atoms with Gasteiger partial charge in [-0.25, -0.2) is 0 Å². The van der Waals surface area contributed by atoms with E-state index in [-0.39, 0.29) is 23.2 Å². The lowest BCUT2D eigenvalue weighted by Crippen LogP contribution is -2.37. The molecule has 0 bridgehead atoms. The van der Waals surface area contributed by atoms with Gasteiger partial charge in [-0.1, -0.05) is 12.1 Å². The number of aromatic hydroxyl groups is 1. The molecule has 1 aromatic rings. The predicted octanol–water partition coefficient (Wildman–Crippen LogP) is 1.73. The van der Waals surface area contributed by atoms with E-state index in [9.17, 15) is 20.0 Å². The van der Waals surface area contributed by atoms with Crippen LogP contribution in [0.1, 0.15) is 25.3 Å². The number of rotatable bonds is 7. The van der Waals surface area contributed by atoms with Crippen molar-refractivity contribution in [3.05, 3.63) is 41.6 Å². The molecule has 1 fully saturated rings. The maximum absolute atomic E-state index is 12.2. The van der Waals surface area contributed by atoms with E-state index in [1.54, 1.807) is 31.2 Å². The number of phenolic OH excluding ortho intramolecular Hbond substituents is 1. The Balaban J connectivity index is 1.88. The van der Waals surface area contributed by atoms with E-state index >= 15 is 0 Å². The molecule has 1 atom stereocenters. The van der Waals surface area contributed by atoms with Gasteiger partial charge in [-0.3, -0.25) is 9.59 Å². The molecule has 0 aromatic heterocycles. The summed E-state index contributed by atoms with van der Waals surface area (Å²) < 4.78 is 5.06. The smallest absolute Gasteiger partial charge is 0.310 e. The molecule has 0 radical (unpaired) electrons. The van der Waals surface area contributed by atoms with Gasteiger partial charge in [0.25, 0.3) is 5.91 Å². The molecule has 7 heteroatoms. The van der Waals surface area contributed by atoms with Crippen LogP contribution < -0.4 is 5.32 Å². The Kier molecular flexibility index (Phi) is 7.68. The number of ether oxygens (including phenoxy) is 1. The first-order chi connectivity index (χ1) is 13.0. The van der Waals surface area contributed by atoms with Crippen LogP contribution >= 0.6 is 0 Å². The largest absolute Gasteiger partial charge is 0.508 e. The minimum absolute atomic E-state index is 0.0187. The monoisotopic (exact) mass is 371 g/mol. The normalized spacial score (nSPS) is 17.1. The Labute approximate surface area is 159 Å². The van der Waals surface area contributed by atoms with Crippen molar-refractivity contribution >= 4 is 11.9 Å². The topological polar surface area (TPSA) is 103 Å². The summed E-state index contributed by atoms with van der Waals surface area (Å²) in [6, 6.07) is 8.68. The molecule has 2 rings (SSSR count). The Morgan fingerprint density at radius 3 is 2.81 bits per heavy atom. The molecule has 1 aliphatic rings. The zero-order chi connectivity index (χ0) is 19.6. The van der Waals surface area contributed by atoms with Crippen LogP contribution in [-0.2, 0) is 20.7 Å². The summed E-state index contributed by atoms with van der Waals surface area (Å²) in [6.07, 6.45) is 3.69. The third-order valence-electron chi connectivity index (χ3n) is 4.39. The lowest BCUT2D eigenvalue weighted by Gasteiger charge is -2.30. The quantitative estimate of drug-likeness (QED) is 0.430. The molecule has 1 heterocycles. The first-order valence-electron chi connectivity index (χ1n) is 9.12. The average Bonchev–Trinajstić information content (AvgIpc) is 2.68. The van der Waals surface area contributed by atoms with E-state index in [0.717, 1.165) is 18.4 Å². The van der Waals surface area contributed by atoms with Gasteiger partial charge in [-0.05, 0) is 43.9 Å². The molecular weight excluding hydrogens is 346 g/mol. The van der Waals surface area contributed by atoms with Gasteiger partial charge in [0.1, 0.15) is 17.4 Å². The van der Waals surface area contributed by atoms with E-state index < -0.39 is 5.91 Å². The number of nitrogens with zero attached hydrogens (tertiary/aromatic N) is 2. The van der Waals surface area contributed by atoms with Gasteiger partial charge in [-0.15, -0.1) is 0 Å². The summed E-state index contributed by atoms with van der Waals surface area (Å²) in [5, 5.41) is 21.3. The first kappa shape index (κ1) is 20.3. The minimum Gasteiger partial charge on any atom is -0.508 e. The van der Waals surface area contributed by atoms with Gasteiger partial charge < -0.3 is 20.1 Å². The van der Waals surface area contributed by atoms with Crippen LogP contribution in [0.5, 0.6) is 5.75 Å². The molecule has 0 aliphatic carbocycles. The highest BCUT2D eigenvalue weighted by molar-refractivity contribution is 5.97. The molecule has 1 unspecified atom stereocenters.